The highest BCUT2D eigenvalue weighted by Crippen LogP contribution is 2.46. The van der Waals surface area contributed by atoms with Gasteiger partial charge in [0.2, 0.25) is 0 Å². The second kappa shape index (κ2) is 6.22. The minimum absolute atomic E-state index is 0.292. The van der Waals surface area contributed by atoms with Crippen molar-refractivity contribution in [3.05, 3.63) is 27.2 Å². The summed E-state index contributed by atoms with van der Waals surface area (Å²) in [6, 6.07) is 3.99. The van der Waals surface area contributed by atoms with Crippen molar-refractivity contribution in [1.82, 2.24) is 10.2 Å². The number of hydrogen-bond donors (Lipinski definition) is 2. The van der Waals surface area contributed by atoms with Crippen LogP contribution in [0.3, 0.4) is 0 Å². The summed E-state index contributed by atoms with van der Waals surface area (Å²) < 4.78 is 0.694. The lowest BCUT2D eigenvalue weighted by Crippen LogP contribution is -2.47. The third kappa shape index (κ3) is 2.84. The van der Waals surface area contributed by atoms with E-state index in [-0.39, 0.29) is 0 Å². The molecule has 0 bridgehead atoms. The highest BCUT2D eigenvalue weighted by molar-refractivity contribution is 9.10. The molecule has 0 amide bonds. The van der Waals surface area contributed by atoms with Gasteiger partial charge in [0.1, 0.15) is 5.75 Å². The van der Waals surface area contributed by atoms with Crippen LogP contribution in [0.15, 0.2) is 16.6 Å². The number of phenolic OH excluding ortho intramolecular Hbond substituents is 1. The van der Waals surface area contributed by atoms with Crippen LogP contribution in [0.2, 0.25) is 5.02 Å². The average Bonchev–Trinajstić information content (AvgIpc) is 2.39. The lowest BCUT2D eigenvalue weighted by atomic mass is 9.76. The first-order valence-corrected chi connectivity index (χ1v) is 8.46. The van der Waals surface area contributed by atoms with Crippen molar-refractivity contribution < 1.29 is 5.11 Å². The minimum Gasteiger partial charge on any atom is -0.506 e. The molecular formula is C15H20BrClN2O. The Morgan fingerprint density at radius 1 is 1.30 bits per heavy atom. The van der Waals surface area contributed by atoms with Crippen LogP contribution in [0.5, 0.6) is 5.75 Å². The summed E-state index contributed by atoms with van der Waals surface area (Å²) in [6.45, 7) is 4.10. The number of aromatic hydroxyl groups is 1. The van der Waals surface area contributed by atoms with Gasteiger partial charge >= 0.3 is 0 Å². The topological polar surface area (TPSA) is 35.5 Å². The zero-order chi connectivity index (χ0) is 14.1. The van der Waals surface area contributed by atoms with E-state index < -0.39 is 0 Å². The van der Waals surface area contributed by atoms with Crippen LogP contribution in [-0.4, -0.2) is 36.2 Å². The molecule has 1 aliphatic carbocycles. The molecule has 0 spiro atoms. The molecule has 2 fully saturated rings. The molecule has 5 heteroatoms. The molecule has 1 heterocycles. The number of benzene rings is 1. The summed E-state index contributed by atoms with van der Waals surface area (Å²) >= 11 is 9.61. The zero-order valence-electron chi connectivity index (χ0n) is 11.4. The fourth-order valence-electron chi connectivity index (χ4n) is 3.28. The first kappa shape index (κ1) is 14.6. The van der Waals surface area contributed by atoms with E-state index in [1.165, 1.54) is 19.3 Å². The Labute approximate surface area is 133 Å². The lowest BCUT2D eigenvalue weighted by Gasteiger charge is -2.43. The number of rotatable bonds is 3. The molecule has 0 aromatic heterocycles. The highest BCUT2D eigenvalue weighted by atomic mass is 79.9. The molecule has 1 atom stereocenters. The van der Waals surface area contributed by atoms with Crippen molar-refractivity contribution in [3.63, 3.8) is 0 Å². The third-order valence-corrected chi connectivity index (χ3v) is 5.34. The zero-order valence-corrected chi connectivity index (χ0v) is 13.8. The van der Waals surface area contributed by atoms with Crippen molar-refractivity contribution in [1.29, 1.82) is 0 Å². The van der Waals surface area contributed by atoms with E-state index >= 15 is 0 Å². The van der Waals surface area contributed by atoms with Gasteiger partial charge in [-0.2, -0.15) is 0 Å². The summed E-state index contributed by atoms with van der Waals surface area (Å²) in [5.41, 5.74) is 0.982. The molecular weight excluding hydrogens is 340 g/mol. The number of halogens is 2. The monoisotopic (exact) mass is 358 g/mol. The van der Waals surface area contributed by atoms with Crippen LogP contribution in [0.4, 0.5) is 0 Å². The fourth-order valence-corrected chi connectivity index (χ4v) is 4.11. The van der Waals surface area contributed by atoms with Crippen molar-refractivity contribution in [3.8, 4) is 5.75 Å². The van der Waals surface area contributed by atoms with Gasteiger partial charge < -0.3 is 10.4 Å². The Bertz CT molecular complexity index is 487. The van der Waals surface area contributed by atoms with Gasteiger partial charge in [-0.25, -0.2) is 0 Å². The summed E-state index contributed by atoms with van der Waals surface area (Å²) in [5, 5.41) is 14.5. The largest absolute Gasteiger partial charge is 0.506 e. The predicted molar refractivity (Wildman–Crippen MR) is 85.3 cm³/mol. The lowest BCUT2D eigenvalue weighted by molar-refractivity contribution is 0.0819. The van der Waals surface area contributed by atoms with Crippen LogP contribution < -0.4 is 5.32 Å². The first-order chi connectivity index (χ1) is 9.66. The summed E-state index contributed by atoms with van der Waals surface area (Å²) in [4.78, 5) is 2.50. The van der Waals surface area contributed by atoms with Crippen LogP contribution in [-0.2, 0) is 0 Å². The maximum Gasteiger partial charge on any atom is 0.134 e. The molecule has 0 radical (unpaired) electrons. The van der Waals surface area contributed by atoms with Crippen molar-refractivity contribution in [2.75, 3.05) is 26.2 Å². The number of nitrogens with one attached hydrogen (secondary N) is 1. The standard InChI is InChI=1S/C15H20BrClN2O/c16-13-9-11(17)8-12(15(13)20)14(10-2-1-3-10)19-6-4-18-5-7-19/h8-10,14,18,20H,1-7H2/t14-/m0/s1. The number of piperazine rings is 1. The Morgan fingerprint density at radius 3 is 2.60 bits per heavy atom. The van der Waals surface area contributed by atoms with E-state index in [9.17, 15) is 5.11 Å². The van der Waals surface area contributed by atoms with Crippen molar-refractivity contribution in [2.24, 2.45) is 5.92 Å². The van der Waals surface area contributed by atoms with E-state index in [0.29, 0.717) is 27.2 Å². The normalized spacial score (nSPS) is 22.5. The first-order valence-electron chi connectivity index (χ1n) is 7.29. The molecule has 0 unspecified atom stereocenters. The van der Waals surface area contributed by atoms with Crippen LogP contribution in [0.1, 0.15) is 30.9 Å². The van der Waals surface area contributed by atoms with Gasteiger partial charge in [0.25, 0.3) is 0 Å². The predicted octanol–water partition coefficient (Wildman–Crippen LogP) is 3.55. The van der Waals surface area contributed by atoms with Crippen LogP contribution >= 0.6 is 27.5 Å². The van der Waals surface area contributed by atoms with Gasteiger partial charge in [0.05, 0.1) is 4.47 Å². The Balaban J connectivity index is 1.96. The smallest absolute Gasteiger partial charge is 0.134 e. The van der Waals surface area contributed by atoms with Gasteiger partial charge in [-0.15, -0.1) is 0 Å². The molecule has 2 N–H and O–H groups in total. The van der Waals surface area contributed by atoms with Crippen molar-refractivity contribution in [2.45, 2.75) is 25.3 Å². The van der Waals surface area contributed by atoms with Gasteiger partial charge in [-0.3, -0.25) is 4.90 Å². The Morgan fingerprint density at radius 2 is 2.00 bits per heavy atom. The second-order valence-corrected chi connectivity index (χ2v) is 7.04. The number of nitrogens with zero attached hydrogens (tertiary/aromatic N) is 1. The van der Waals surface area contributed by atoms with E-state index in [1.807, 2.05) is 6.07 Å². The molecule has 1 aromatic rings. The molecule has 110 valence electrons. The second-order valence-electron chi connectivity index (χ2n) is 5.75. The maximum atomic E-state index is 10.4. The van der Waals surface area contributed by atoms with Gasteiger partial charge in [0.15, 0.2) is 0 Å². The molecule has 1 aromatic carbocycles. The van der Waals surface area contributed by atoms with Gasteiger partial charge in [0, 0.05) is 42.8 Å². The molecule has 3 rings (SSSR count). The Kier molecular flexibility index (Phi) is 4.55. The quantitative estimate of drug-likeness (QED) is 0.866. The molecule has 2 aliphatic rings. The van der Waals surface area contributed by atoms with Crippen LogP contribution in [0, 0.1) is 5.92 Å². The maximum absolute atomic E-state index is 10.4. The number of hydrogen-bond acceptors (Lipinski definition) is 3. The van der Waals surface area contributed by atoms with Crippen molar-refractivity contribution >= 4 is 27.5 Å². The summed E-state index contributed by atoms with van der Waals surface area (Å²) in [5.74, 6) is 0.995. The summed E-state index contributed by atoms with van der Waals surface area (Å²) in [6.07, 6.45) is 3.80. The fraction of sp³-hybridized carbons (Fsp3) is 0.600. The third-order valence-electron chi connectivity index (χ3n) is 4.52. The minimum atomic E-state index is 0.292. The molecule has 1 saturated carbocycles. The van der Waals surface area contributed by atoms with Gasteiger partial charge in [-0.05, 0) is 46.8 Å². The average molecular weight is 360 g/mol. The molecule has 3 nitrogen and oxygen atoms in total. The highest BCUT2D eigenvalue weighted by Gasteiger charge is 2.35. The van der Waals surface area contributed by atoms with E-state index in [4.69, 9.17) is 11.6 Å². The van der Waals surface area contributed by atoms with E-state index in [2.05, 4.69) is 26.1 Å². The van der Waals surface area contributed by atoms with E-state index in [0.717, 1.165) is 31.7 Å². The molecule has 1 aliphatic heterocycles. The molecule has 1 saturated heterocycles. The van der Waals surface area contributed by atoms with Crippen LogP contribution in [0.25, 0.3) is 0 Å². The van der Waals surface area contributed by atoms with E-state index in [1.54, 1.807) is 6.07 Å². The Hall–Kier alpha value is -0.290. The van der Waals surface area contributed by atoms with Gasteiger partial charge in [-0.1, -0.05) is 18.0 Å². The summed E-state index contributed by atoms with van der Waals surface area (Å²) in [7, 11) is 0. The molecule has 20 heavy (non-hydrogen) atoms. The number of phenols is 1. The SMILES string of the molecule is Oc1c(Br)cc(Cl)cc1[C@H](C1CCC1)N1CCNCC1.